The number of hydrogen-bond donors (Lipinski definition) is 2. The zero-order valence-corrected chi connectivity index (χ0v) is 21.7. The monoisotopic (exact) mass is 530 g/mol. The van der Waals surface area contributed by atoms with Crippen LogP contribution in [0.15, 0.2) is 101 Å². The zero-order chi connectivity index (χ0) is 27.4. The molecule has 1 aliphatic rings. The Kier molecular flexibility index (Phi) is 7.65. The van der Waals surface area contributed by atoms with Crippen LogP contribution in [0.3, 0.4) is 0 Å². The first-order valence-electron chi connectivity index (χ1n) is 12.6. The molecule has 0 bridgehead atoms. The van der Waals surface area contributed by atoms with E-state index in [1.165, 1.54) is 12.3 Å². The molecule has 0 aliphatic carbocycles. The predicted molar refractivity (Wildman–Crippen MR) is 144 cm³/mol. The Morgan fingerprint density at radius 3 is 1.97 bits per heavy atom. The van der Waals surface area contributed by atoms with Crippen molar-refractivity contribution in [1.82, 2.24) is 9.55 Å². The number of methoxy groups -OCH3 is 2. The molecule has 0 amide bonds. The molecule has 0 saturated carbocycles. The van der Waals surface area contributed by atoms with E-state index in [9.17, 15) is 14.7 Å². The number of H-pyrrole nitrogens is 1. The van der Waals surface area contributed by atoms with Gasteiger partial charge in [-0.15, -0.1) is 0 Å². The largest absolute Gasteiger partial charge is 0.497 e. The van der Waals surface area contributed by atoms with E-state index in [0.717, 1.165) is 21.3 Å². The Morgan fingerprint density at radius 1 is 0.872 bits per heavy atom. The molecule has 202 valence electrons. The summed E-state index contributed by atoms with van der Waals surface area (Å²) in [6, 6.07) is 26.2. The van der Waals surface area contributed by atoms with Gasteiger partial charge in [0.2, 0.25) is 0 Å². The minimum Gasteiger partial charge on any atom is -0.497 e. The minimum absolute atomic E-state index is 0.0237. The van der Waals surface area contributed by atoms with Crippen molar-refractivity contribution in [3.05, 3.63) is 129 Å². The molecule has 9 nitrogen and oxygen atoms in total. The molecule has 0 radical (unpaired) electrons. The number of ether oxygens (including phenoxy) is 4. The summed E-state index contributed by atoms with van der Waals surface area (Å²) < 4.78 is 24.6. The molecule has 1 aliphatic heterocycles. The van der Waals surface area contributed by atoms with Crippen molar-refractivity contribution in [2.75, 3.05) is 20.8 Å². The molecule has 0 spiro atoms. The Morgan fingerprint density at radius 2 is 1.44 bits per heavy atom. The van der Waals surface area contributed by atoms with Crippen LogP contribution in [0.5, 0.6) is 11.5 Å². The summed E-state index contributed by atoms with van der Waals surface area (Å²) in [4.78, 5) is 27.1. The van der Waals surface area contributed by atoms with E-state index in [4.69, 9.17) is 18.9 Å². The molecular formula is C30H30N2O7. The van der Waals surface area contributed by atoms with Gasteiger partial charge in [-0.05, 0) is 41.0 Å². The van der Waals surface area contributed by atoms with Crippen LogP contribution in [0, 0.1) is 0 Å². The molecule has 2 heterocycles. The number of aromatic nitrogens is 2. The smallest absolute Gasteiger partial charge is 0.330 e. The van der Waals surface area contributed by atoms with Gasteiger partial charge in [0.25, 0.3) is 5.56 Å². The van der Waals surface area contributed by atoms with Crippen molar-refractivity contribution >= 4 is 0 Å². The molecule has 39 heavy (non-hydrogen) atoms. The predicted octanol–water partition coefficient (Wildman–Crippen LogP) is 3.21. The lowest BCUT2D eigenvalue weighted by Gasteiger charge is -2.37. The highest BCUT2D eigenvalue weighted by Gasteiger charge is 2.42. The topological polar surface area (TPSA) is 112 Å². The highest BCUT2D eigenvalue weighted by Crippen LogP contribution is 2.42. The molecule has 4 aromatic rings. The lowest BCUT2D eigenvalue weighted by atomic mass is 9.80. The first-order valence-corrected chi connectivity index (χ1v) is 12.6. The van der Waals surface area contributed by atoms with Gasteiger partial charge in [0.05, 0.1) is 26.9 Å². The van der Waals surface area contributed by atoms with Crippen LogP contribution in [0.4, 0.5) is 0 Å². The summed E-state index contributed by atoms with van der Waals surface area (Å²) in [6.07, 6.45) is -1.31. The van der Waals surface area contributed by atoms with Gasteiger partial charge < -0.3 is 29.0 Å². The number of aromatic amines is 1. The number of aliphatic hydroxyl groups is 1. The number of aliphatic hydroxyl groups excluding tert-OH is 1. The number of hydrogen-bond acceptors (Lipinski definition) is 7. The van der Waals surface area contributed by atoms with E-state index >= 15 is 0 Å². The highest BCUT2D eigenvalue weighted by molar-refractivity contribution is 5.49. The van der Waals surface area contributed by atoms with Crippen molar-refractivity contribution < 1.29 is 24.1 Å². The molecule has 2 N–H and O–H groups in total. The molecule has 1 aromatic heterocycles. The second-order valence-electron chi connectivity index (χ2n) is 9.24. The van der Waals surface area contributed by atoms with Gasteiger partial charge >= 0.3 is 5.69 Å². The summed E-state index contributed by atoms with van der Waals surface area (Å²) in [7, 11) is 3.22. The van der Waals surface area contributed by atoms with Crippen LogP contribution in [0.1, 0.15) is 29.3 Å². The number of nitrogens with zero attached hydrogens (tertiary/aromatic N) is 1. The van der Waals surface area contributed by atoms with Gasteiger partial charge in [-0.1, -0.05) is 54.6 Å². The summed E-state index contributed by atoms with van der Waals surface area (Å²) >= 11 is 0. The fraction of sp³-hybridized carbons (Fsp3) is 0.267. The van der Waals surface area contributed by atoms with Gasteiger partial charge in [0.15, 0.2) is 0 Å². The van der Waals surface area contributed by atoms with Crippen molar-refractivity contribution in [2.24, 2.45) is 0 Å². The highest BCUT2D eigenvalue weighted by atomic mass is 16.6. The standard InChI is InChI=1S/C30H30N2O7/c1-36-23-12-8-21(9-13-23)30(20-6-4-3-5-7-20,22-10-14-24(37-2)15-11-22)38-19-26-25(33)18-28(39-26)32-27(34)16-17-31-29(32)35/h3-17,25-26,28,33H,18-19H2,1-2H3,(H,31,35)/t25-,26+,28+/m1/s1. The van der Waals surface area contributed by atoms with E-state index in [0.29, 0.717) is 11.5 Å². The third-order valence-corrected chi connectivity index (χ3v) is 7.02. The molecule has 0 unspecified atom stereocenters. The Labute approximate surface area is 225 Å². The van der Waals surface area contributed by atoms with Crippen molar-refractivity contribution in [1.29, 1.82) is 0 Å². The summed E-state index contributed by atoms with van der Waals surface area (Å²) in [6.45, 7) is -0.0237. The third kappa shape index (κ3) is 5.12. The maximum absolute atomic E-state index is 12.3. The molecule has 3 atom stereocenters. The van der Waals surface area contributed by atoms with Crippen LogP contribution < -0.4 is 20.7 Å². The maximum atomic E-state index is 12.3. The van der Waals surface area contributed by atoms with Gasteiger partial charge in [0, 0.05) is 18.7 Å². The number of rotatable bonds is 9. The fourth-order valence-corrected chi connectivity index (χ4v) is 5.01. The number of nitrogens with one attached hydrogen (secondary N) is 1. The third-order valence-electron chi connectivity index (χ3n) is 7.02. The molecule has 9 heteroatoms. The van der Waals surface area contributed by atoms with Crippen LogP contribution in [-0.2, 0) is 15.1 Å². The van der Waals surface area contributed by atoms with E-state index in [1.807, 2.05) is 78.9 Å². The van der Waals surface area contributed by atoms with Crippen LogP contribution in [0.25, 0.3) is 0 Å². The molecule has 5 rings (SSSR count). The lowest BCUT2D eigenvalue weighted by Crippen LogP contribution is -2.39. The average Bonchev–Trinajstić information content (AvgIpc) is 3.34. The summed E-state index contributed by atoms with van der Waals surface area (Å²) in [5.41, 5.74) is 0.324. The van der Waals surface area contributed by atoms with Gasteiger partial charge in [-0.25, -0.2) is 9.36 Å². The number of benzene rings is 3. The maximum Gasteiger partial charge on any atom is 0.330 e. The average molecular weight is 531 g/mol. The van der Waals surface area contributed by atoms with Crippen molar-refractivity contribution in [3.63, 3.8) is 0 Å². The Hall–Kier alpha value is -4.18. The normalized spacial score (nSPS) is 19.1. The molecular weight excluding hydrogens is 500 g/mol. The van der Waals surface area contributed by atoms with Crippen LogP contribution in [0.2, 0.25) is 0 Å². The Balaban J connectivity index is 1.55. The zero-order valence-electron chi connectivity index (χ0n) is 21.7. The SMILES string of the molecule is COc1ccc(C(OC[C@@H]2O[C@H](n3c(=O)cc[nH]c3=O)C[C@H]2O)(c2ccccc2)c2ccc(OC)cc2)cc1. The minimum atomic E-state index is -1.10. The van der Waals surface area contributed by atoms with E-state index < -0.39 is 35.3 Å². The van der Waals surface area contributed by atoms with Gasteiger partial charge in [-0.3, -0.25) is 4.79 Å². The van der Waals surface area contributed by atoms with E-state index in [1.54, 1.807) is 14.2 Å². The fourth-order valence-electron chi connectivity index (χ4n) is 5.01. The molecule has 1 saturated heterocycles. The Bertz CT molecular complexity index is 1420. The summed E-state index contributed by atoms with van der Waals surface area (Å²) in [5.74, 6) is 1.40. The first kappa shape index (κ1) is 26.4. The van der Waals surface area contributed by atoms with E-state index in [2.05, 4.69) is 4.98 Å². The summed E-state index contributed by atoms with van der Waals surface area (Å²) in [5, 5.41) is 10.9. The molecule has 3 aromatic carbocycles. The first-order chi connectivity index (χ1) is 19.0. The second kappa shape index (κ2) is 11.3. The van der Waals surface area contributed by atoms with Crippen molar-refractivity contribution in [3.8, 4) is 11.5 Å². The van der Waals surface area contributed by atoms with Gasteiger partial charge in [0.1, 0.15) is 29.4 Å². The van der Waals surface area contributed by atoms with Gasteiger partial charge in [-0.2, -0.15) is 0 Å². The van der Waals surface area contributed by atoms with Crippen LogP contribution in [-0.4, -0.2) is 47.7 Å². The quantitative estimate of drug-likeness (QED) is 0.320. The van der Waals surface area contributed by atoms with Crippen molar-refractivity contribution in [2.45, 2.75) is 30.5 Å². The molecule has 1 fully saturated rings. The van der Waals surface area contributed by atoms with Crippen LogP contribution >= 0.6 is 0 Å². The lowest BCUT2D eigenvalue weighted by molar-refractivity contribution is -0.0949. The second-order valence-corrected chi connectivity index (χ2v) is 9.24. The van der Waals surface area contributed by atoms with E-state index in [-0.39, 0.29) is 13.0 Å².